The van der Waals surface area contributed by atoms with E-state index in [4.69, 9.17) is 0 Å². The molecule has 0 amide bonds. The molecule has 0 aliphatic carbocycles. The van der Waals surface area contributed by atoms with Gasteiger partial charge in [0.25, 0.3) is 0 Å². The molecular formula is C14H18N8. The zero-order valence-corrected chi connectivity index (χ0v) is 12.7. The molecule has 4 rings (SSSR count). The largest absolute Gasteiger partial charge is 0.369 e. The summed E-state index contributed by atoms with van der Waals surface area (Å²) in [5.41, 5.74) is 0.845. The normalized spacial score (nSPS) is 17.6. The quantitative estimate of drug-likeness (QED) is 0.774. The molecule has 0 spiro atoms. The van der Waals surface area contributed by atoms with Crippen LogP contribution in [0.5, 0.6) is 0 Å². The lowest BCUT2D eigenvalue weighted by Crippen LogP contribution is -2.27. The van der Waals surface area contributed by atoms with Gasteiger partial charge in [-0.05, 0) is 19.3 Å². The predicted molar refractivity (Wildman–Crippen MR) is 81.4 cm³/mol. The highest BCUT2D eigenvalue weighted by molar-refractivity contribution is 5.85. The maximum Gasteiger partial charge on any atom is 0.163 e. The third kappa shape index (κ3) is 2.11. The standard InChI is InChI=1S/C14H18N8/c1-9-19-20-12-4-3-10(7-22(9)12)5-15-13-11-6-18-21(2)14(11)17-8-16-13/h6,8,10H,3-5,7H2,1-2H3,(H,15,16,17)/t10-/m1/s1. The van der Waals surface area contributed by atoms with Crippen LogP contribution in [-0.4, -0.2) is 41.1 Å². The Hall–Kier alpha value is -2.51. The van der Waals surface area contributed by atoms with Crippen molar-refractivity contribution >= 4 is 16.9 Å². The van der Waals surface area contributed by atoms with Crippen LogP contribution < -0.4 is 5.32 Å². The summed E-state index contributed by atoms with van der Waals surface area (Å²) in [6.07, 6.45) is 5.49. The maximum atomic E-state index is 4.35. The minimum Gasteiger partial charge on any atom is -0.369 e. The van der Waals surface area contributed by atoms with Gasteiger partial charge in [-0.25, -0.2) is 9.97 Å². The lowest BCUT2D eigenvalue weighted by molar-refractivity contribution is 0.377. The van der Waals surface area contributed by atoms with Crippen molar-refractivity contribution in [1.29, 1.82) is 0 Å². The van der Waals surface area contributed by atoms with Crippen molar-refractivity contribution in [2.24, 2.45) is 13.0 Å². The first kappa shape index (κ1) is 13.2. The lowest BCUT2D eigenvalue weighted by atomic mass is 9.99. The van der Waals surface area contributed by atoms with E-state index in [2.05, 4.69) is 35.1 Å². The molecule has 0 saturated heterocycles. The summed E-state index contributed by atoms with van der Waals surface area (Å²) in [6.45, 7) is 3.84. The van der Waals surface area contributed by atoms with E-state index in [0.717, 1.165) is 54.4 Å². The number of aryl methyl sites for hydroxylation is 3. The number of anilines is 1. The van der Waals surface area contributed by atoms with E-state index in [1.54, 1.807) is 17.2 Å². The maximum absolute atomic E-state index is 4.35. The van der Waals surface area contributed by atoms with E-state index < -0.39 is 0 Å². The molecule has 1 N–H and O–H groups in total. The molecule has 114 valence electrons. The number of hydrogen-bond acceptors (Lipinski definition) is 6. The van der Waals surface area contributed by atoms with Crippen LogP contribution in [0.2, 0.25) is 0 Å². The van der Waals surface area contributed by atoms with Crippen LogP contribution >= 0.6 is 0 Å². The van der Waals surface area contributed by atoms with Gasteiger partial charge in [-0.3, -0.25) is 4.68 Å². The molecule has 1 atom stereocenters. The van der Waals surface area contributed by atoms with Crippen LogP contribution in [0.1, 0.15) is 18.1 Å². The molecule has 0 unspecified atom stereocenters. The van der Waals surface area contributed by atoms with Crippen LogP contribution in [0.4, 0.5) is 5.82 Å². The first-order valence-electron chi connectivity index (χ1n) is 7.47. The van der Waals surface area contributed by atoms with Crippen molar-refractivity contribution in [2.45, 2.75) is 26.3 Å². The Labute approximate surface area is 127 Å². The van der Waals surface area contributed by atoms with Crippen molar-refractivity contribution in [1.82, 2.24) is 34.5 Å². The Morgan fingerprint density at radius 2 is 2.23 bits per heavy atom. The molecule has 0 saturated carbocycles. The van der Waals surface area contributed by atoms with Crippen LogP contribution in [0, 0.1) is 12.8 Å². The molecule has 0 fully saturated rings. The Kier molecular flexibility index (Phi) is 3.02. The van der Waals surface area contributed by atoms with Crippen LogP contribution in [0.15, 0.2) is 12.5 Å². The third-order valence-corrected chi connectivity index (χ3v) is 4.32. The molecule has 22 heavy (non-hydrogen) atoms. The first-order chi connectivity index (χ1) is 10.7. The van der Waals surface area contributed by atoms with E-state index >= 15 is 0 Å². The molecule has 8 nitrogen and oxygen atoms in total. The number of rotatable bonds is 3. The average molecular weight is 298 g/mol. The molecule has 0 bridgehead atoms. The topological polar surface area (TPSA) is 86.3 Å². The summed E-state index contributed by atoms with van der Waals surface area (Å²) in [4.78, 5) is 8.61. The zero-order chi connectivity index (χ0) is 15.1. The molecule has 3 aromatic heterocycles. The van der Waals surface area contributed by atoms with Gasteiger partial charge in [0.2, 0.25) is 0 Å². The zero-order valence-electron chi connectivity index (χ0n) is 12.7. The Morgan fingerprint density at radius 3 is 3.14 bits per heavy atom. The van der Waals surface area contributed by atoms with Crippen molar-refractivity contribution < 1.29 is 0 Å². The molecule has 0 radical (unpaired) electrons. The lowest BCUT2D eigenvalue weighted by Gasteiger charge is -2.24. The SMILES string of the molecule is Cc1nnc2n1C[C@@H](CNc1ncnc3c1cnn3C)CC2. The van der Waals surface area contributed by atoms with Gasteiger partial charge in [-0.2, -0.15) is 5.10 Å². The second-order valence-electron chi connectivity index (χ2n) is 5.79. The minimum absolute atomic E-state index is 0.545. The summed E-state index contributed by atoms with van der Waals surface area (Å²) in [5, 5.41) is 17.0. The van der Waals surface area contributed by atoms with Gasteiger partial charge in [0.05, 0.1) is 11.6 Å². The van der Waals surface area contributed by atoms with E-state index in [0.29, 0.717) is 5.92 Å². The average Bonchev–Trinajstić information content (AvgIpc) is 3.10. The van der Waals surface area contributed by atoms with E-state index in [1.807, 2.05) is 14.0 Å². The highest BCUT2D eigenvalue weighted by Gasteiger charge is 2.21. The smallest absolute Gasteiger partial charge is 0.163 e. The van der Waals surface area contributed by atoms with Crippen molar-refractivity contribution in [3.63, 3.8) is 0 Å². The Bertz CT molecular complexity index is 817. The van der Waals surface area contributed by atoms with Gasteiger partial charge in [-0.15, -0.1) is 10.2 Å². The summed E-state index contributed by atoms with van der Waals surface area (Å²) in [6, 6.07) is 0. The molecule has 3 aromatic rings. The van der Waals surface area contributed by atoms with Crippen molar-refractivity contribution in [3.8, 4) is 0 Å². The number of hydrogen-bond donors (Lipinski definition) is 1. The second-order valence-corrected chi connectivity index (χ2v) is 5.79. The van der Waals surface area contributed by atoms with Crippen LogP contribution in [0.25, 0.3) is 11.0 Å². The fraction of sp³-hybridized carbons (Fsp3) is 0.500. The van der Waals surface area contributed by atoms with Gasteiger partial charge >= 0.3 is 0 Å². The second kappa shape index (κ2) is 5.04. The minimum atomic E-state index is 0.545. The number of nitrogens with zero attached hydrogens (tertiary/aromatic N) is 7. The monoisotopic (exact) mass is 298 g/mol. The number of fused-ring (bicyclic) bond motifs is 2. The van der Waals surface area contributed by atoms with Crippen molar-refractivity contribution in [3.05, 3.63) is 24.2 Å². The summed E-state index contributed by atoms with van der Waals surface area (Å²) in [7, 11) is 1.89. The number of aromatic nitrogens is 7. The van der Waals surface area contributed by atoms with Gasteiger partial charge < -0.3 is 9.88 Å². The van der Waals surface area contributed by atoms with E-state index in [1.165, 1.54) is 0 Å². The van der Waals surface area contributed by atoms with Crippen LogP contribution in [0.3, 0.4) is 0 Å². The summed E-state index contributed by atoms with van der Waals surface area (Å²) < 4.78 is 3.98. The highest BCUT2D eigenvalue weighted by atomic mass is 15.3. The molecule has 4 heterocycles. The highest BCUT2D eigenvalue weighted by Crippen LogP contribution is 2.22. The number of nitrogens with one attached hydrogen (secondary N) is 1. The van der Waals surface area contributed by atoms with Gasteiger partial charge in [0.1, 0.15) is 23.8 Å². The van der Waals surface area contributed by atoms with Crippen LogP contribution in [-0.2, 0) is 20.0 Å². The molecular weight excluding hydrogens is 280 g/mol. The van der Waals surface area contributed by atoms with Crippen molar-refractivity contribution in [2.75, 3.05) is 11.9 Å². The Morgan fingerprint density at radius 1 is 1.32 bits per heavy atom. The fourth-order valence-corrected chi connectivity index (χ4v) is 3.04. The fourth-order valence-electron chi connectivity index (χ4n) is 3.04. The Balaban J connectivity index is 1.50. The third-order valence-electron chi connectivity index (χ3n) is 4.32. The molecule has 0 aromatic carbocycles. The molecule has 1 aliphatic heterocycles. The van der Waals surface area contributed by atoms with Gasteiger partial charge in [0.15, 0.2) is 5.65 Å². The predicted octanol–water partition coefficient (Wildman–Crippen LogP) is 0.938. The van der Waals surface area contributed by atoms with Gasteiger partial charge in [0, 0.05) is 26.6 Å². The van der Waals surface area contributed by atoms with E-state index in [-0.39, 0.29) is 0 Å². The van der Waals surface area contributed by atoms with Gasteiger partial charge in [-0.1, -0.05) is 0 Å². The van der Waals surface area contributed by atoms with E-state index in [9.17, 15) is 0 Å². The molecule has 8 heteroatoms. The molecule has 1 aliphatic rings. The summed E-state index contributed by atoms with van der Waals surface area (Å²) in [5.74, 6) is 3.50. The first-order valence-corrected chi connectivity index (χ1v) is 7.47. The summed E-state index contributed by atoms with van der Waals surface area (Å²) >= 11 is 0.